The Balaban J connectivity index is 1.94. The fourth-order valence-corrected chi connectivity index (χ4v) is 1.70. The predicted octanol–water partition coefficient (Wildman–Crippen LogP) is 3.12. The molecule has 0 aliphatic rings. The lowest BCUT2D eigenvalue weighted by Gasteiger charge is -2.11. The van der Waals surface area contributed by atoms with E-state index < -0.39 is 23.2 Å². The number of halogens is 2. The van der Waals surface area contributed by atoms with Crippen molar-refractivity contribution in [3.05, 3.63) is 59.7 Å². The SMILES string of the molecule is O=C(O)c1c(F)cccc1OCCOc1ccccc1F. The van der Waals surface area contributed by atoms with Crippen molar-refractivity contribution in [1.82, 2.24) is 0 Å². The molecule has 110 valence electrons. The standard InChI is InChI=1S/C15H12F2O4/c16-10-4-1-2-6-12(10)20-8-9-21-13-7-3-5-11(17)14(13)15(18)19/h1-7H,8-9H2,(H,18,19). The minimum absolute atomic E-state index is 0.00347. The second-order valence-electron chi connectivity index (χ2n) is 4.05. The third kappa shape index (κ3) is 3.68. The van der Waals surface area contributed by atoms with E-state index in [2.05, 4.69) is 0 Å². The van der Waals surface area contributed by atoms with Crippen LogP contribution in [0, 0.1) is 11.6 Å². The molecule has 21 heavy (non-hydrogen) atoms. The van der Waals surface area contributed by atoms with Crippen molar-refractivity contribution >= 4 is 5.97 Å². The van der Waals surface area contributed by atoms with Gasteiger partial charge in [-0.2, -0.15) is 0 Å². The van der Waals surface area contributed by atoms with Gasteiger partial charge in [-0.05, 0) is 24.3 Å². The van der Waals surface area contributed by atoms with Gasteiger partial charge in [0.1, 0.15) is 30.3 Å². The topological polar surface area (TPSA) is 55.8 Å². The summed E-state index contributed by atoms with van der Waals surface area (Å²) in [4.78, 5) is 10.9. The van der Waals surface area contributed by atoms with Crippen LogP contribution in [0.25, 0.3) is 0 Å². The fraction of sp³-hybridized carbons (Fsp3) is 0.133. The first-order valence-corrected chi connectivity index (χ1v) is 6.11. The average molecular weight is 294 g/mol. The van der Waals surface area contributed by atoms with Gasteiger partial charge in [-0.3, -0.25) is 0 Å². The summed E-state index contributed by atoms with van der Waals surface area (Å²) in [6.45, 7) is -0.0471. The van der Waals surface area contributed by atoms with E-state index in [1.807, 2.05) is 0 Å². The highest BCUT2D eigenvalue weighted by Crippen LogP contribution is 2.21. The molecule has 2 rings (SSSR count). The summed E-state index contributed by atoms with van der Waals surface area (Å²) in [7, 11) is 0. The normalized spacial score (nSPS) is 10.2. The number of carboxylic acids is 1. The highest BCUT2D eigenvalue weighted by atomic mass is 19.1. The van der Waals surface area contributed by atoms with Gasteiger partial charge in [-0.1, -0.05) is 18.2 Å². The summed E-state index contributed by atoms with van der Waals surface area (Å²) in [6.07, 6.45) is 0. The van der Waals surface area contributed by atoms with Crippen molar-refractivity contribution in [1.29, 1.82) is 0 Å². The largest absolute Gasteiger partial charge is 0.489 e. The molecule has 2 aromatic rings. The molecule has 0 atom stereocenters. The smallest absolute Gasteiger partial charge is 0.342 e. The quantitative estimate of drug-likeness (QED) is 0.832. The Labute approximate surface area is 119 Å². The third-order valence-corrected chi connectivity index (χ3v) is 2.62. The molecule has 4 nitrogen and oxygen atoms in total. The van der Waals surface area contributed by atoms with Crippen LogP contribution in [0.1, 0.15) is 10.4 Å². The van der Waals surface area contributed by atoms with Crippen LogP contribution >= 0.6 is 0 Å². The van der Waals surface area contributed by atoms with Gasteiger partial charge in [-0.25, -0.2) is 13.6 Å². The summed E-state index contributed by atoms with van der Waals surface area (Å²) in [6, 6.07) is 9.58. The Hall–Kier alpha value is -2.63. The second-order valence-corrected chi connectivity index (χ2v) is 4.05. The summed E-state index contributed by atoms with van der Waals surface area (Å²) in [5, 5.41) is 8.92. The number of para-hydroxylation sites is 1. The molecule has 0 aromatic heterocycles. The maximum atomic E-state index is 13.4. The Morgan fingerprint density at radius 3 is 2.14 bits per heavy atom. The van der Waals surface area contributed by atoms with E-state index in [0.29, 0.717) is 0 Å². The van der Waals surface area contributed by atoms with Gasteiger partial charge in [0.15, 0.2) is 11.6 Å². The van der Waals surface area contributed by atoms with E-state index in [9.17, 15) is 13.6 Å². The minimum Gasteiger partial charge on any atom is -0.489 e. The lowest BCUT2D eigenvalue weighted by Crippen LogP contribution is -2.12. The maximum Gasteiger partial charge on any atom is 0.342 e. The van der Waals surface area contributed by atoms with E-state index in [1.165, 1.54) is 30.3 Å². The fourth-order valence-electron chi connectivity index (χ4n) is 1.70. The molecule has 0 radical (unpaired) electrons. The summed E-state index contributed by atoms with van der Waals surface area (Å²) in [5.41, 5.74) is -0.539. The molecule has 6 heteroatoms. The van der Waals surface area contributed by atoms with Gasteiger partial charge in [0.05, 0.1) is 0 Å². The summed E-state index contributed by atoms with van der Waals surface area (Å²) < 4.78 is 37.0. The van der Waals surface area contributed by atoms with Gasteiger partial charge in [0.2, 0.25) is 0 Å². The zero-order chi connectivity index (χ0) is 15.2. The van der Waals surface area contributed by atoms with Crippen molar-refractivity contribution in [3.8, 4) is 11.5 Å². The predicted molar refractivity (Wildman–Crippen MR) is 70.7 cm³/mol. The Bertz CT molecular complexity index is 643. The number of carboxylic acid groups (broad SMARTS) is 1. The molecule has 0 aliphatic carbocycles. The number of aromatic carboxylic acids is 1. The Morgan fingerprint density at radius 1 is 0.905 bits per heavy atom. The van der Waals surface area contributed by atoms with Crippen LogP contribution in [0.15, 0.2) is 42.5 Å². The van der Waals surface area contributed by atoms with Gasteiger partial charge < -0.3 is 14.6 Å². The first-order valence-electron chi connectivity index (χ1n) is 6.11. The lowest BCUT2D eigenvalue weighted by molar-refractivity contribution is 0.0685. The van der Waals surface area contributed by atoms with Gasteiger partial charge >= 0.3 is 5.97 Å². The van der Waals surface area contributed by atoms with Crippen LogP contribution in [0.3, 0.4) is 0 Å². The number of carbonyl (C=O) groups is 1. The van der Waals surface area contributed by atoms with Crippen LogP contribution in [0.5, 0.6) is 11.5 Å². The molecule has 0 saturated heterocycles. The number of hydrogen-bond donors (Lipinski definition) is 1. The Morgan fingerprint density at radius 2 is 1.48 bits per heavy atom. The van der Waals surface area contributed by atoms with Crippen LogP contribution in [0.2, 0.25) is 0 Å². The van der Waals surface area contributed by atoms with Gasteiger partial charge in [0.25, 0.3) is 0 Å². The second kappa shape index (κ2) is 6.69. The summed E-state index contributed by atoms with van der Waals surface area (Å²) in [5.74, 6) is -2.83. The molecule has 0 amide bonds. The highest BCUT2D eigenvalue weighted by Gasteiger charge is 2.16. The van der Waals surface area contributed by atoms with E-state index in [1.54, 1.807) is 6.07 Å². The highest BCUT2D eigenvalue weighted by molar-refractivity contribution is 5.91. The molecule has 0 heterocycles. The van der Waals surface area contributed by atoms with Crippen LogP contribution in [-0.4, -0.2) is 24.3 Å². The monoisotopic (exact) mass is 294 g/mol. The lowest BCUT2D eigenvalue weighted by atomic mass is 10.2. The number of ether oxygens (including phenoxy) is 2. The molecule has 0 aliphatic heterocycles. The van der Waals surface area contributed by atoms with Crippen molar-refractivity contribution in [2.24, 2.45) is 0 Å². The number of hydrogen-bond acceptors (Lipinski definition) is 3. The first kappa shape index (κ1) is 14.8. The third-order valence-electron chi connectivity index (χ3n) is 2.62. The number of benzene rings is 2. The van der Waals surface area contributed by atoms with E-state index in [-0.39, 0.29) is 24.7 Å². The molecular weight excluding hydrogens is 282 g/mol. The van der Waals surface area contributed by atoms with Gasteiger partial charge in [0, 0.05) is 0 Å². The molecule has 0 unspecified atom stereocenters. The zero-order valence-corrected chi connectivity index (χ0v) is 10.9. The Kier molecular flexibility index (Phi) is 4.71. The maximum absolute atomic E-state index is 13.4. The molecule has 0 bridgehead atoms. The molecule has 0 spiro atoms. The van der Waals surface area contributed by atoms with Crippen molar-refractivity contribution in [3.63, 3.8) is 0 Å². The van der Waals surface area contributed by atoms with E-state index >= 15 is 0 Å². The van der Waals surface area contributed by atoms with Crippen molar-refractivity contribution in [2.75, 3.05) is 13.2 Å². The minimum atomic E-state index is -1.42. The van der Waals surface area contributed by atoms with Crippen molar-refractivity contribution in [2.45, 2.75) is 0 Å². The molecular formula is C15H12F2O4. The molecule has 1 N–H and O–H groups in total. The average Bonchev–Trinajstić information content (AvgIpc) is 2.45. The summed E-state index contributed by atoms with van der Waals surface area (Å²) >= 11 is 0. The van der Waals surface area contributed by atoms with Crippen LogP contribution in [-0.2, 0) is 0 Å². The van der Waals surface area contributed by atoms with Crippen LogP contribution in [0.4, 0.5) is 8.78 Å². The molecule has 2 aromatic carbocycles. The van der Waals surface area contributed by atoms with Gasteiger partial charge in [-0.15, -0.1) is 0 Å². The van der Waals surface area contributed by atoms with E-state index in [4.69, 9.17) is 14.6 Å². The van der Waals surface area contributed by atoms with Crippen molar-refractivity contribution < 1.29 is 28.2 Å². The van der Waals surface area contributed by atoms with Crippen LogP contribution < -0.4 is 9.47 Å². The van der Waals surface area contributed by atoms with E-state index in [0.717, 1.165) is 6.07 Å². The molecule has 0 saturated carbocycles. The zero-order valence-electron chi connectivity index (χ0n) is 10.9. The molecule has 0 fully saturated rings. The first-order chi connectivity index (χ1) is 10.1. The number of rotatable bonds is 6.